The van der Waals surface area contributed by atoms with Gasteiger partial charge >= 0.3 is 5.97 Å². The quantitative estimate of drug-likeness (QED) is 0.606. The monoisotopic (exact) mass is 185 g/mol. The van der Waals surface area contributed by atoms with Gasteiger partial charge in [0.25, 0.3) is 0 Å². The van der Waals surface area contributed by atoms with Crippen LogP contribution in [0.1, 0.15) is 13.3 Å². The van der Waals surface area contributed by atoms with Gasteiger partial charge in [-0.2, -0.15) is 5.26 Å². The average Bonchev–Trinajstić information content (AvgIpc) is 2.51. The first-order valence-electron chi connectivity index (χ1n) is 3.97. The van der Waals surface area contributed by atoms with Gasteiger partial charge in [0.15, 0.2) is 0 Å². The maximum Gasteiger partial charge on any atom is 0.320 e. The second-order valence-corrected chi connectivity index (χ2v) is 3.82. The number of rotatable bonds is 2. The van der Waals surface area contributed by atoms with E-state index in [9.17, 15) is 4.79 Å². The minimum Gasteiger partial charge on any atom is -0.465 e. The molecule has 1 rings (SSSR count). The molecule has 0 amide bonds. The third-order valence-corrected chi connectivity index (χ3v) is 3.13. The molecule has 0 spiro atoms. The predicted octanol–water partition coefficient (Wildman–Crippen LogP) is 1.19. The van der Waals surface area contributed by atoms with Gasteiger partial charge < -0.3 is 4.74 Å². The summed E-state index contributed by atoms with van der Waals surface area (Å²) in [5.41, 5.74) is 0. The van der Waals surface area contributed by atoms with Gasteiger partial charge in [-0.1, -0.05) is 0 Å². The number of thioether (sulfide) groups is 1. The van der Waals surface area contributed by atoms with E-state index < -0.39 is 0 Å². The van der Waals surface area contributed by atoms with Crippen molar-refractivity contribution in [1.29, 1.82) is 5.26 Å². The van der Waals surface area contributed by atoms with Crippen LogP contribution in [0, 0.1) is 17.2 Å². The van der Waals surface area contributed by atoms with Crippen LogP contribution in [-0.2, 0) is 9.53 Å². The van der Waals surface area contributed by atoms with Crippen molar-refractivity contribution in [1.82, 2.24) is 0 Å². The Hall–Kier alpha value is -0.690. The van der Waals surface area contributed by atoms with Crippen LogP contribution in [0.3, 0.4) is 0 Å². The molecule has 0 bridgehead atoms. The third-order valence-electron chi connectivity index (χ3n) is 1.78. The molecule has 0 aromatic rings. The fourth-order valence-corrected chi connectivity index (χ4v) is 2.46. The van der Waals surface area contributed by atoms with Gasteiger partial charge in [-0.05, 0) is 19.1 Å². The average molecular weight is 185 g/mol. The van der Waals surface area contributed by atoms with Crippen molar-refractivity contribution in [2.24, 2.45) is 5.92 Å². The summed E-state index contributed by atoms with van der Waals surface area (Å²) >= 11 is 1.53. The minimum atomic E-state index is -0.241. The fourth-order valence-electron chi connectivity index (χ4n) is 1.18. The minimum absolute atomic E-state index is 0.144. The van der Waals surface area contributed by atoms with Gasteiger partial charge in [-0.25, -0.2) is 0 Å². The summed E-state index contributed by atoms with van der Waals surface area (Å²) in [7, 11) is 0. The number of nitrogens with zero attached hydrogens (tertiary/aromatic N) is 1. The van der Waals surface area contributed by atoms with Crippen molar-refractivity contribution in [2.75, 3.05) is 12.4 Å². The van der Waals surface area contributed by atoms with Crippen LogP contribution in [0.25, 0.3) is 0 Å². The number of esters is 1. The van der Waals surface area contributed by atoms with E-state index in [1.807, 2.05) is 0 Å². The lowest BCUT2D eigenvalue weighted by Gasteiger charge is -2.10. The van der Waals surface area contributed by atoms with E-state index in [1.165, 1.54) is 11.8 Å². The molecule has 1 heterocycles. The fraction of sp³-hybridized carbons (Fsp3) is 0.750. The van der Waals surface area contributed by atoms with Crippen LogP contribution < -0.4 is 0 Å². The zero-order chi connectivity index (χ0) is 8.97. The molecule has 0 saturated carbocycles. The number of hydrogen-bond donors (Lipinski definition) is 0. The van der Waals surface area contributed by atoms with Crippen molar-refractivity contribution < 1.29 is 9.53 Å². The molecule has 0 N–H and O–H groups in total. The highest BCUT2D eigenvalue weighted by molar-refractivity contribution is 8.00. The first kappa shape index (κ1) is 9.40. The smallest absolute Gasteiger partial charge is 0.320 e. The molecule has 2 atom stereocenters. The van der Waals surface area contributed by atoms with Crippen molar-refractivity contribution in [3.05, 3.63) is 0 Å². The molecule has 0 aromatic heterocycles. The number of nitriles is 1. The van der Waals surface area contributed by atoms with Crippen molar-refractivity contribution in [3.63, 3.8) is 0 Å². The number of carbonyl (C=O) groups excluding carboxylic acids is 1. The molecule has 66 valence electrons. The Bertz CT molecular complexity index is 212. The molecule has 0 aromatic carbocycles. The largest absolute Gasteiger partial charge is 0.465 e. The maximum atomic E-state index is 11.2. The molecule has 1 aliphatic rings. The van der Waals surface area contributed by atoms with Crippen molar-refractivity contribution >= 4 is 17.7 Å². The van der Waals surface area contributed by atoms with Gasteiger partial charge in [0.2, 0.25) is 0 Å². The second-order valence-electron chi connectivity index (χ2n) is 2.57. The van der Waals surface area contributed by atoms with E-state index in [2.05, 4.69) is 6.07 Å². The Morgan fingerprint density at radius 1 is 1.83 bits per heavy atom. The van der Waals surface area contributed by atoms with Crippen LogP contribution in [0.4, 0.5) is 0 Å². The van der Waals surface area contributed by atoms with E-state index in [-0.39, 0.29) is 17.1 Å². The molecule has 1 fully saturated rings. The number of hydrogen-bond acceptors (Lipinski definition) is 4. The lowest BCUT2D eigenvalue weighted by molar-refractivity contribution is -0.142. The Labute approximate surface area is 76.1 Å². The van der Waals surface area contributed by atoms with E-state index in [0.29, 0.717) is 6.61 Å². The Kier molecular flexibility index (Phi) is 3.42. The van der Waals surface area contributed by atoms with Crippen LogP contribution in [0.5, 0.6) is 0 Å². The highest BCUT2D eigenvalue weighted by Gasteiger charge is 2.34. The van der Waals surface area contributed by atoms with E-state index in [1.54, 1.807) is 6.92 Å². The topological polar surface area (TPSA) is 50.1 Å². The molecule has 4 heteroatoms. The molecular formula is C8H11NO2S. The molecule has 2 unspecified atom stereocenters. The SMILES string of the molecule is CCOC(=O)C1SCCC1C#N. The molecule has 1 saturated heterocycles. The third kappa shape index (κ3) is 1.92. The summed E-state index contributed by atoms with van der Waals surface area (Å²) in [5, 5.41) is 8.44. The Morgan fingerprint density at radius 2 is 2.58 bits per heavy atom. The summed E-state index contributed by atoms with van der Waals surface area (Å²) in [4.78, 5) is 11.2. The number of ether oxygens (including phenoxy) is 1. The Balaban J connectivity index is 2.51. The second kappa shape index (κ2) is 4.36. The van der Waals surface area contributed by atoms with Crippen LogP contribution in [0.2, 0.25) is 0 Å². The normalized spacial score (nSPS) is 28.0. The molecule has 0 radical (unpaired) electrons. The lowest BCUT2D eigenvalue weighted by Crippen LogP contribution is -2.23. The summed E-state index contributed by atoms with van der Waals surface area (Å²) in [6.07, 6.45) is 0.810. The van der Waals surface area contributed by atoms with Crippen LogP contribution in [-0.4, -0.2) is 23.6 Å². The summed E-state index contributed by atoms with van der Waals surface area (Å²) in [6, 6.07) is 2.13. The molecule has 3 nitrogen and oxygen atoms in total. The molecule has 1 aliphatic heterocycles. The summed E-state index contributed by atoms with van der Waals surface area (Å²) in [5.74, 6) is 0.516. The highest BCUT2D eigenvalue weighted by Crippen LogP contribution is 2.32. The number of carbonyl (C=O) groups is 1. The summed E-state index contributed by atoms with van der Waals surface area (Å²) < 4.78 is 4.85. The molecular weight excluding hydrogens is 174 g/mol. The molecule has 0 aliphatic carbocycles. The first-order chi connectivity index (χ1) is 5.79. The van der Waals surface area contributed by atoms with Gasteiger partial charge in [0.1, 0.15) is 5.25 Å². The van der Waals surface area contributed by atoms with Gasteiger partial charge in [0, 0.05) is 0 Å². The maximum absolute atomic E-state index is 11.2. The van der Waals surface area contributed by atoms with Crippen LogP contribution >= 0.6 is 11.8 Å². The molecule has 12 heavy (non-hydrogen) atoms. The van der Waals surface area contributed by atoms with E-state index in [4.69, 9.17) is 10.00 Å². The Morgan fingerprint density at radius 3 is 3.17 bits per heavy atom. The predicted molar refractivity (Wildman–Crippen MR) is 46.6 cm³/mol. The van der Waals surface area contributed by atoms with Gasteiger partial charge in [-0.3, -0.25) is 4.79 Å². The van der Waals surface area contributed by atoms with Gasteiger partial charge in [-0.15, -0.1) is 11.8 Å². The van der Waals surface area contributed by atoms with Crippen molar-refractivity contribution in [3.8, 4) is 6.07 Å². The summed E-state index contributed by atoms with van der Waals surface area (Å²) in [6.45, 7) is 2.17. The van der Waals surface area contributed by atoms with Crippen LogP contribution in [0.15, 0.2) is 0 Å². The van der Waals surface area contributed by atoms with E-state index in [0.717, 1.165) is 12.2 Å². The van der Waals surface area contributed by atoms with Crippen molar-refractivity contribution in [2.45, 2.75) is 18.6 Å². The highest BCUT2D eigenvalue weighted by atomic mass is 32.2. The first-order valence-corrected chi connectivity index (χ1v) is 5.02. The van der Waals surface area contributed by atoms with E-state index >= 15 is 0 Å². The van der Waals surface area contributed by atoms with Gasteiger partial charge in [0.05, 0.1) is 18.6 Å². The zero-order valence-corrected chi connectivity index (χ0v) is 7.76. The zero-order valence-electron chi connectivity index (χ0n) is 6.95. The standard InChI is InChI=1S/C8H11NO2S/c1-2-11-8(10)7-6(5-9)3-4-12-7/h6-7H,2-4H2,1H3. The lowest BCUT2D eigenvalue weighted by atomic mass is 10.1.